The molecule has 0 spiro atoms. The van der Waals surface area contributed by atoms with Crippen LogP contribution in [-0.4, -0.2) is 101 Å². The number of benzene rings is 1. The van der Waals surface area contributed by atoms with Crippen molar-refractivity contribution in [1.82, 2.24) is 0 Å². The third kappa shape index (κ3) is 5.70. The molecule has 1 aromatic rings. The third-order valence-electron chi connectivity index (χ3n) is 7.05. The molecule has 1 aromatic carbocycles. The summed E-state index contributed by atoms with van der Waals surface area (Å²) in [5.41, 5.74) is 0.964. The molecule has 0 unspecified atom stereocenters. The number of carbonyl (C=O) groups excluding carboxylic acids is 1. The van der Waals surface area contributed by atoms with Crippen molar-refractivity contribution in [2.45, 2.75) is 94.6 Å². The van der Waals surface area contributed by atoms with Crippen molar-refractivity contribution in [3.8, 4) is 0 Å². The maximum absolute atomic E-state index is 12.1. The number of fused-ring (bicyclic) bond motifs is 3. The zero-order valence-corrected chi connectivity index (χ0v) is 21.8. The van der Waals surface area contributed by atoms with E-state index in [0.717, 1.165) is 5.56 Å². The second-order valence-corrected chi connectivity index (χ2v) is 10.0. The van der Waals surface area contributed by atoms with Gasteiger partial charge in [-0.1, -0.05) is 30.3 Å². The number of hydrogen-bond acceptors (Lipinski definition) is 11. The van der Waals surface area contributed by atoms with Crippen LogP contribution in [0.2, 0.25) is 0 Å². The van der Waals surface area contributed by atoms with Gasteiger partial charge >= 0.3 is 5.97 Å². The highest BCUT2D eigenvalue weighted by Gasteiger charge is 2.58. The van der Waals surface area contributed by atoms with Gasteiger partial charge in [-0.05, 0) is 19.4 Å². The minimum Gasteiger partial charge on any atom is -0.457 e. The smallest absolute Gasteiger partial charge is 0.303 e. The molecule has 10 atom stereocenters. The van der Waals surface area contributed by atoms with Crippen LogP contribution < -0.4 is 0 Å². The Morgan fingerprint density at radius 3 is 2.41 bits per heavy atom. The predicted molar refractivity (Wildman–Crippen MR) is 125 cm³/mol. The van der Waals surface area contributed by atoms with E-state index in [1.54, 1.807) is 14.2 Å². The van der Waals surface area contributed by atoms with Gasteiger partial charge in [0.1, 0.15) is 42.7 Å². The molecule has 0 N–H and O–H groups in total. The first kappa shape index (κ1) is 26.9. The van der Waals surface area contributed by atoms with Gasteiger partial charge in [0.25, 0.3) is 0 Å². The average Bonchev–Trinajstić information content (AvgIpc) is 3.31. The van der Waals surface area contributed by atoms with Gasteiger partial charge in [-0.2, -0.15) is 0 Å². The maximum atomic E-state index is 12.1. The molecule has 11 nitrogen and oxygen atoms in total. The number of ether oxygens (including phenoxy) is 10. The molecule has 4 aliphatic heterocycles. The van der Waals surface area contributed by atoms with E-state index in [0.29, 0.717) is 6.61 Å². The standard InChI is InChI=1S/C26H36O11/c1-14(27)33-21-18(16-12-31-24(34-16)23(21)30-11-15-9-7-6-8-10-15)36-25-22(29-5)20(28-4)19-17(35-25)13-32-26(2,3)37-19/h6-10,16-25H,11-13H2,1-5H3/t16-,17-,18-,19-,20+,21+,22-,23-,24-,25+/m1/s1. The van der Waals surface area contributed by atoms with E-state index in [-0.39, 0.29) is 13.2 Å². The van der Waals surface area contributed by atoms with E-state index in [9.17, 15) is 4.79 Å². The highest BCUT2D eigenvalue weighted by atomic mass is 16.8. The summed E-state index contributed by atoms with van der Waals surface area (Å²) < 4.78 is 60.2. The van der Waals surface area contributed by atoms with E-state index in [1.807, 2.05) is 44.2 Å². The van der Waals surface area contributed by atoms with Crippen molar-refractivity contribution in [2.24, 2.45) is 0 Å². The van der Waals surface area contributed by atoms with Crippen LogP contribution in [0.4, 0.5) is 0 Å². The largest absolute Gasteiger partial charge is 0.457 e. The van der Waals surface area contributed by atoms with Crippen LogP contribution in [0.15, 0.2) is 30.3 Å². The van der Waals surface area contributed by atoms with Crippen molar-refractivity contribution in [3.63, 3.8) is 0 Å². The van der Waals surface area contributed by atoms with E-state index >= 15 is 0 Å². The van der Waals surface area contributed by atoms with Gasteiger partial charge in [-0.25, -0.2) is 0 Å². The zero-order valence-electron chi connectivity index (χ0n) is 21.8. The Bertz CT molecular complexity index is 911. The first-order chi connectivity index (χ1) is 17.8. The van der Waals surface area contributed by atoms with Gasteiger partial charge in [0.15, 0.2) is 24.5 Å². The molecule has 4 heterocycles. The van der Waals surface area contributed by atoms with Crippen LogP contribution >= 0.6 is 0 Å². The van der Waals surface area contributed by atoms with Crippen LogP contribution in [0.3, 0.4) is 0 Å². The number of methoxy groups -OCH3 is 2. The van der Waals surface area contributed by atoms with Crippen LogP contribution in [-0.2, 0) is 58.8 Å². The number of carbonyl (C=O) groups is 1. The monoisotopic (exact) mass is 524 g/mol. The summed E-state index contributed by atoms with van der Waals surface area (Å²) in [6.07, 6.45) is -6.35. The van der Waals surface area contributed by atoms with Crippen molar-refractivity contribution >= 4 is 5.97 Å². The fourth-order valence-electron chi connectivity index (χ4n) is 5.35. The quantitative estimate of drug-likeness (QED) is 0.462. The van der Waals surface area contributed by atoms with Gasteiger partial charge in [0.05, 0.1) is 19.8 Å². The first-order valence-corrected chi connectivity index (χ1v) is 12.6. The van der Waals surface area contributed by atoms with Crippen molar-refractivity contribution in [2.75, 3.05) is 27.4 Å². The molecule has 37 heavy (non-hydrogen) atoms. The minimum absolute atomic E-state index is 0.253. The normalized spacial score (nSPS) is 40.7. The third-order valence-corrected chi connectivity index (χ3v) is 7.05. The SMILES string of the molecule is CO[C@@H]1[C@@H](OC)[C@H](O[C@H]2[C@H](OC(C)=O)[C@@H](OCc3ccccc3)[C@@H]3OC[C@H]2O3)O[C@@H]2COC(C)(C)O[C@@H]12. The highest BCUT2D eigenvalue weighted by molar-refractivity contribution is 5.66. The molecule has 0 aliphatic carbocycles. The number of hydrogen-bond donors (Lipinski definition) is 0. The molecule has 0 radical (unpaired) electrons. The molecule has 0 saturated carbocycles. The summed E-state index contributed by atoms with van der Waals surface area (Å²) in [6, 6.07) is 9.69. The molecule has 4 saturated heterocycles. The van der Waals surface area contributed by atoms with Gasteiger partial charge in [0, 0.05) is 21.1 Å². The first-order valence-electron chi connectivity index (χ1n) is 12.6. The number of esters is 1. The summed E-state index contributed by atoms with van der Waals surface area (Å²) in [5, 5.41) is 0. The van der Waals surface area contributed by atoms with Crippen molar-refractivity contribution < 1.29 is 52.2 Å². The fraction of sp³-hybridized carbons (Fsp3) is 0.731. The van der Waals surface area contributed by atoms with Crippen LogP contribution in [0.25, 0.3) is 0 Å². The summed E-state index contributed by atoms with van der Waals surface area (Å²) in [4.78, 5) is 12.1. The van der Waals surface area contributed by atoms with Crippen LogP contribution in [0.5, 0.6) is 0 Å². The van der Waals surface area contributed by atoms with E-state index in [4.69, 9.17) is 47.4 Å². The Balaban J connectivity index is 1.37. The Labute approximate surface area is 216 Å². The van der Waals surface area contributed by atoms with E-state index < -0.39 is 73.2 Å². The van der Waals surface area contributed by atoms with Gasteiger partial charge in [-0.3, -0.25) is 4.79 Å². The zero-order chi connectivity index (χ0) is 26.2. The molecule has 2 bridgehead atoms. The highest BCUT2D eigenvalue weighted by Crippen LogP contribution is 2.39. The minimum atomic E-state index is -0.886. The molecular formula is C26H36O11. The Kier molecular flexibility index (Phi) is 8.15. The molecule has 4 aliphatic rings. The summed E-state index contributed by atoms with van der Waals surface area (Å²) >= 11 is 0. The lowest BCUT2D eigenvalue weighted by Gasteiger charge is -2.51. The molecule has 0 aromatic heterocycles. The van der Waals surface area contributed by atoms with E-state index in [2.05, 4.69) is 0 Å². The van der Waals surface area contributed by atoms with Gasteiger partial charge < -0.3 is 47.4 Å². The maximum Gasteiger partial charge on any atom is 0.303 e. The lowest BCUT2D eigenvalue weighted by atomic mass is 9.96. The van der Waals surface area contributed by atoms with Crippen molar-refractivity contribution in [1.29, 1.82) is 0 Å². The number of rotatable bonds is 8. The van der Waals surface area contributed by atoms with Gasteiger partial charge in [0.2, 0.25) is 0 Å². The molecular weight excluding hydrogens is 488 g/mol. The summed E-state index contributed by atoms with van der Waals surface area (Å²) in [7, 11) is 3.15. The Morgan fingerprint density at radius 2 is 1.70 bits per heavy atom. The molecule has 4 fully saturated rings. The molecule has 11 heteroatoms. The predicted octanol–water partition coefficient (Wildman–Crippen LogP) is 1.55. The molecule has 0 amide bonds. The van der Waals surface area contributed by atoms with Gasteiger partial charge in [-0.15, -0.1) is 0 Å². The lowest BCUT2D eigenvalue weighted by molar-refractivity contribution is -0.397. The topological polar surface area (TPSA) is 109 Å². The Morgan fingerprint density at radius 1 is 0.946 bits per heavy atom. The summed E-state index contributed by atoms with van der Waals surface area (Å²) in [5.74, 6) is -1.25. The van der Waals surface area contributed by atoms with E-state index in [1.165, 1.54) is 6.92 Å². The molecule has 206 valence electrons. The Hall–Kier alpha value is -1.67. The lowest BCUT2D eigenvalue weighted by Crippen LogP contribution is -2.67. The second-order valence-electron chi connectivity index (χ2n) is 10.0. The van der Waals surface area contributed by atoms with Crippen molar-refractivity contribution in [3.05, 3.63) is 35.9 Å². The average molecular weight is 525 g/mol. The van der Waals surface area contributed by atoms with Crippen LogP contribution in [0.1, 0.15) is 26.3 Å². The fourth-order valence-corrected chi connectivity index (χ4v) is 5.35. The summed E-state index contributed by atoms with van der Waals surface area (Å²) in [6.45, 7) is 5.86. The second kappa shape index (κ2) is 11.2. The van der Waals surface area contributed by atoms with Crippen LogP contribution in [0, 0.1) is 0 Å². The molecule has 5 rings (SSSR count).